The summed E-state index contributed by atoms with van der Waals surface area (Å²) in [6, 6.07) is 1.25. The Morgan fingerprint density at radius 1 is 1.31 bits per heavy atom. The Morgan fingerprint density at radius 3 is 2.94 bits per heavy atom. The Morgan fingerprint density at radius 2 is 2.17 bits per heavy atom. The maximum Gasteiger partial charge on any atom is 0.306 e. The molecule has 2 saturated carbocycles. The molecule has 0 radical (unpaired) electrons. The van der Waals surface area contributed by atoms with E-state index in [0.29, 0.717) is 36.1 Å². The first-order valence-corrected chi connectivity index (χ1v) is 12.0. The third-order valence-electron chi connectivity index (χ3n) is 6.61. The van der Waals surface area contributed by atoms with E-state index in [1.807, 2.05) is 0 Å². The van der Waals surface area contributed by atoms with Gasteiger partial charge in [0.05, 0.1) is 30.5 Å². The second-order valence-electron chi connectivity index (χ2n) is 9.30. The van der Waals surface area contributed by atoms with Gasteiger partial charge in [0.15, 0.2) is 5.82 Å². The summed E-state index contributed by atoms with van der Waals surface area (Å²) in [4.78, 5) is 19.9. The number of hydrogen-bond acceptors (Lipinski definition) is 9. The normalized spacial score (nSPS) is 20.1. The van der Waals surface area contributed by atoms with Crippen LogP contribution in [-0.2, 0) is 24.8 Å². The van der Waals surface area contributed by atoms with Crippen molar-refractivity contribution in [1.29, 1.82) is 0 Å². The molecular weight excluding hydrogens is 457 g/mol. The number of aromatic nitrogens is 6. The highest BCUT2D eigenvalue weighted by atomic mass is 19.1. The van der Waals surface area contributed by atoms with Gasteiger partial charge in [-0.2, -0.15) is 4.98 Å². The Bertz CT molecular complexity index is 1190. The largest absolute Gasteiger partial charge is 0.489 e. The SMILES string of the molecule is Cn1nnc(-c2ncc(O[C@H]3CCC[C@H](C(=O)O)C3)cc2F)c1CNc1noc(CCC2CC2)n1. The van der Waals surface area contributed by atoms with Crippen molar-refractivity contribution in [1.82, 2.24) is 30.1 Å². The van der Waals surface area contributed by atoms with Crippen molar-refractivity contribution in [3.05, 3.63) is 29.7 Å². The highest BCUT2D eigenvalue weighted by Gasteiger charge is 2.28. The van der Waals surface area contributed by atoms with Crippen LogP contribution in [0, 0.1) is 17.7 Å². The number of carboxylic acid groups (broad SMARTS) is 1. The maximum atomic E-state index is 15.0. The van der Waals surface area contributed by atoms with Gasteiger partial charge in [-0.25, -0.2) is 14.1 Å². The molecule has 5 rings (SSSR count). The standard InChI is InChI=1S/C23H28FN7O4/c1-31-18(12-26-23-27-19(35-29-23)8-7-13-5-6-13)21(28-30-31)20-17(24)10-16(11-25-20)34-15-4-2-3-14(9-15)22(32)33/h10-11,13-15H,2-9,12H2,1H3,(H,26,29)(H,32,33)/t14-,15-/m0/s1. The minimum Gasteiger partial charge on any atom is -0.489 e. The average Bonchev–Trinajstić information content (AvgIpc) is 3.45. The summed E-state index contributed by atoms with van der Waals surface area (Å²) in [7, 11) is 1.71. The molecule has 186 valence electrons. The van der Waals surface area contributed by atoms with E-state index < -0.39 is 17.7 Å². The summed E-state index contributed by atoms with van der Waals surface area (Å²) in [5.74, 6) is 0.134. The van der Waals surface area contributed by atoms with E-state index in [0.717, 1.165) is 31.6 Å². The minimum absolute atomic E-state index is 0.0486. The molecule has 0 bridgehead atoms. The van der Waals surface area contributed by atoms with Crippen LogP contribution in [0.25, 0.3) is 11.4 Å². The Balaban J connectivity index is 1.24. The number of nitrogens with zero attached hydrogens (tertiary/aromatic N) is 6. The number of nitrogens with one attached hydrogen (secondary N) is 1. The second kappa shape index (κ2) is 9.96. The van der Waals surface area contributed by atoms with Gasteiger partial charge in [-0.3, -0.25) is 4.79 Å². The van der Waals surface area contributed by atoms with Gasteiger partial charge in [-0.15, -0.1) is 5.10 Å². The molecule has 0 spiro atoms. The lowest BCUT2D eigenvalue weighted by atomic mass is 9.87. The Labute approximate surface area is 201 Å². The highest BCUT2D eigenvalue weighted by Crippen LogP contribution is 2.33. The number of carboxylic acids is 1. The van der Waals surface area contributed by atoms with Crippen LogP contribution in [0.5, 0.6) is 5.75 Å². The van der Waals surface area contributed by atoms with E-state index in [-0.39, 0.29) is 24.1 Å². The van der Waals surface area contributed by atoms with Gasteiger partial charge in [0, 0.05) is 19.5 Å². The zero-order valence-electron chi connectivity index (χ0n) is 19.5. The van der Waals surface area contributed by atoms with Crippen molar-refractivity contribution in [2.24, 2.45) is 18.9 Å². The first-order chi connectivity index (χ1) is 17.0. The molecule has 12 heteroatoms. The van der Waals surface area contributed by atoms with E-state index in [2.05, 4.69) is 30.8 Å². The van der Waals surface area contributed by atoms with Crippen molar-refractivity contribution in [3.8, 4) is 17.1 Å². The molecule has 35 heavy (non-hydrogen) atoms. The number of pyridine rings is 1. The fourth-order valence-corrected chi connectivity index (χ4v) is 4.41. The van der Waals surface area contributed by atoms with Gasteiger partial charge >= 0.3 is 5.97 Å². The van der Waals surface area contributed by atoms with Crippen LogP contribution < -0.4 is 10.1 Å². The van der Waals surface area contributed by atoms with E-state index in [9.17, 15) is 9.90 Å². The fourth-order valence-electron chi connectivity index (χ4n) is 4.41. The zero-order valence-corrected chi connectivity index (χ0v) is 19.5. The summed E-state index contributed by atoms with van der Waals surface area (Å²) in [5, 5.41) is 24.4. The third kappa shape index (κ3) is 5.57. The summed E-state index contributed by atoms with van der Waals surface area (Å²) in [6.45, 7) is 0.248. The second-order valence-corrected chi connectivity index (χ2v) is 9.30. The monoisotopic (exact) mass is 485 g/mol. The lowest BCUT2D eigenvalue weighted by molar-refractivity contribution is -0.143. The maximum absolute atomic E-state index is 15.0. The molecular formula is C23H28FN7O4. The molecule has 3 heterocycles. The van der Waals surface area contributed by atoms with Crippen LogP contribution in [0.3, 0.4) is 0 Å². The average molecular weight is 486 g/mol. The van der Waals surface area contributed by atoms with Crippen LogP contribution in [0.2, 0.25) is 0 Å². The zero-order chi connectivity index (χ0) is 24.4. The van der Waals surface area contributed by atoms with Gasteiger partial charge in [0.25, 0.3) is 5.95 Å². The molecule has 3 aromatic heterocycles. The van der Waals surface area contributed by atoms with E-state index in [1.165, 1.54) is 29.8 Å². The lowest BCUT2D eigenvalue weighted by Crippen LogP contribution is -2.29. The quantitative estimate of drug-likeness (QED) is 0.439. The van der Waals surface area contributed by atoms with Crippen LogP contribution in [0.15, 0.2) is 16.8 Å². The molecule has 0 aliphatic heterocycles. The van der Waals surface area contributed by atoms with Crippen molar-refractivity contribution < 1.29 is 23.6 Å². The number of ether oxygens (including phenoxy) is 1. The number of hydrogen-bond donors (Lipinski definition) is 2. The molecule has 0 amide bonds. The van der Waals surface area contributed by atoms with Gasteiger partial charge in [-0.05, 0) is 43.2 Å². The van der Waals surface area contributed by atoms with Crippen LogP contribution in [-0.4, -0.2) is 47.3 Å². The molecule has 3 aromatic rings. The van der Waals surface area contributed by atoms with Crippen LogP contribution >= 0.6 is 0 Å². The van der Waals surface area contributed by atoms with Crippen molar-refractivity contribution >= 4 is 11.9 Å². The Hall–Kier alpha value is -3.57. The van der Waals surface area contributed by atoms with E-state index in [1.54, 1.807) is 7.05 Å². The molecule has 2 atom stereocenters. The van der Waals surface area contributed by atoms with E-state index in [4.69, 9.17) is 9.26 Å². The highest BCUT2D eigenvalue weighted by molar-refractivity contribution is 5.70. The molecule has 0 saturated heterocycles. The van der Waals surface area contributed by atoms with Gasteiger partial charge in [0.1, 0.15) is 17.1 Å². The molecule has 2 fully saturated rings. The minimum atomic E-state index is -0.822. The first-order valence-electron chi connectivity index (χ1n) is 12.0. The van der Waals surface area contributed by atoms with E-state index >= 15 is 4.39 Å². The van der Waals surface area contributed by atoms with Crippen molar-refractivity contribution in [3.63, 3.8) is 0 Å². The summed E-state index contributed by atoms with van der Waals surface area (Å²) < 4.78 is 27.7. The third-order valence-corrected chi connectivity index (χ3v) is 6.61. The smallest absolute Gasteiger partial charge is 0.306 e. The topological polar surface area (TPSA) is 141 Å². The number of aryl methyl sites for hydroxylation is 2. The summed E-state index contributed by atoms with van der Waals surface area (Å²) >= 11 is 0. The lowest BCUT2D eigenvalue weighted by Gasteiger charge is -2.27. The number of rotatable bonds is 10. The van der Waals surface area contributed by atoms with Crippen molar-refractivity contribution in [2.45, 2.75) is 64.0 Å². The van der Waals surface area contributed by atoms with Crippen molar-refractivity contribution in [2.75, 3.05) is 5.32 Å². The molecule has 11 nitrogen and oxygen atoms in total. The Kier molecular flexibility index (Phi) is 6.60. The molecule has 2 aliphatic rings. The fraction of sp³-hybridized carbons (Fsp3) is 0.565. The number of anilines is 1. The molecule has 2 N–H and O–H groups in total. The number of aliphatic carboxylic acids is 1. The molecule has 0 aromatic carbocycles. The van der Waals surface area contributed by atoms with Gasteiger partial charge < -0.3 is 19.7 Å². The van der Waals surface area contributed by atoms with Crippen LogP contribution in [0.4, 0.5) is 10.3 Å². The van der Waals surface area contributed by atoms with Gasteiger partial charge in [-0.1, -0.05) is 18.1 Å². The summed E-state index contributed by atoms with van der Waals surface area (Å²) in [6.07, 6.45) is 8.05. The van der Waals surface area contributed by atoms with Gasteiger partial charge in [0.2, 0.25) is 5.89 Å². The molecule has 0 unspecified atom stereocenters. The number of carbonyl (C=O) groups is 1. The van der Waals surface area contributed by atoms with Crippen LogP contribution in [0.1, 0.15) is 56.5 Å². The first kappa shape index (κ1) is 23.2. The number of halogens is 1. The molecule has 2 aliphatic carbocycles. The predicted octanol–water partition coefficient (Wildman–Crippen LogP) is 3.38. The predicted molar refractivity (Wildman–Crippen MR) is 121 cm³/mol. The summed E-state index contributed by atoms with van der Waals surface area (Å²) in [5.41, 5.74) is 0.948.